The van der Waals surface area contributed by atoms with E-state index in [1.807, 2.05) is 24.3 Å². The Hall–Kier alpha value is -2.91. The third-order valence-electron chi connectivity index (χ3n) is 5.80. The van der Waals surface area contributed by atoms with Gasteiger partial charge in [-0.25, -0.2) is 13.1 Å². The molecule has 1 aliphatic heterocycles. The van der Waals surface area contributed by atoms with E-state index in [-0.39, 0.29) is 16.7 Å². The van der Waals surface area contributed by atoms with Crippen molar-refractivity contribution in [2.24, 2.45) is 5.92 Å². The maximum Gasteiger partial charge on any atom is 0.298 e. The fourth-order valence-corrected chi connectivity index (χ4v) is 5.25. The molecule has 0 aliphatic carbocycles. The van der Waals surface area contributed by atoms with Gasteiger partial charge in [-0.05, 0) is 61.6 Å². The molecule has 0 atom stereocenters. The Morgan fingerprint density at radius 1 is 1.19 bits per heavy atom. The minimum absolute atomic E-state index is 0.109. The number of rotatable bonds is 7. The molecule has 0 spiro atoms. The van der Waals surface area contributed by atoms with E-state index in [0.29, 0.717) is 30.2 Å². The Bertz CT molecular complexity index is 1180. The molecule has 0 saturated carbocycles. The maximum absolute atomic E-state index is 12.8. The van der Waals surface area contributed by atoms with E-state index in [9.17, 15) is 13.2 Å². The summed E-state index contributed by atoms with van der Waals surface area (Å²) in [5.41, 5.74) is 2.80. The summed E-state index contributed by atoms with van der Waals surface area (Å²) in [6, 6.07) is 13.1. The van der Waals surface area contributed by atoms with Crippen molar-refractivity contribution in [3.8, 4) is 0 Å². The number of benzene rings is 2. The van der Waals surface area contributed by atoms with E-state index in [2.05, 4.69) is 19.9 Å². The van der Waals surface area contributed by atoms with Crippen molar-refractivity contribution in [1.82, 2.24) is 9.71 Å². The van der Waals surface area contributed by atoms with Crippen molar-refractivity contribution in [1.29, 1.82) is 0 Å². The molecule has 1 saturated heterocycles. The Balaban J connectivity index is 1.33. The standard InChI is InChI=1S/C23H28N4O4S/c1-3-22(28)25-18-8-9-21(16(2)14-18)32(29,30)24-15-17-10-12-27(13-11-17)23-26-19-6-4-5-7-20(19)31-23/h4-9,14,17,24H,3,10-13,15H2,1-2H3,(H,25,28). The number of hydrogen-bond acceptors (Lipinski definition) is 6. The zero-order valence-electron chi connectivity index (χ0n) is 18.3. The summed E-state index contributed by atoms with van der Waals surface area (Å²) in [6.45, 7) is 5.42. The number of carbonyl (C=O) groups is 1. The molecule has 3 aromatic rings. The largest absolute Gasteiger partial charge is 0.423 e. The van der Waals surface area contributed by atoms with Crippen LogP contribution in [-0.2, 0) is 14.8 Å². The van der Waals surface area contributed by atoms with Gasteiger partial charge in [0.25, 0.3) is 6.01 Å². The van der Waals surface area contributed by atoms with Crippen LogP contribution in [0.3, 0.4) is 0 Å². The first-order valence-corrected chi connectivity index (χ1v) is 12.3. The van der Waals surface area contributed by atoms with Gasteiger partial charge in [-0.2, -0.15) is 4.98 Å². The predicted octanol–water partition coefficient (Wildman–Crippen LogP) is 3.68. The summed E-state index contributed by atoms with van der Waals surface area (Å²) in [5, 5.41) is 2.75. The van der Waals surface area contributed by atoms with Crippen LogP contribution < -0.4 is 14.9 Å². The van der Waals surface area contributed by atoms with Gasteiger partial charge in [0.15, 0.2) is 5.58 Å². The van der Waals surface area contributed by atoms with Crippen LogP contribution in [0.15, 0.2) is 51.8 Å². The van der Waals surface area contributed by atoms with Crippen molar-refractivity contribution >= 4 is 38.7 Å². The summed E-state index contributed by atoms with van der Waals surface area (Å²) in [6.07, 6.45) is 2.07. The fourth-order valence-electron chi connectivity index (χ4n) is 3.91. The molecule has 0 unspecified atom stereocenters. The van der Waals surface area contributed by atoms with Gasteiger partial charge in [0, 0.05) is 31.7 Å². The lowest BCUT2D eigenvalue weighted by atomic mass is 9.97. The van der Waals surface area contributed by atoms with Gasteiger partial charge in [0.2, 0.25) is 15.9 Å². The molecule has 8 nitrogen and oxygen atoms in total. The molecular weight excluding hydrogens is 428 g/mol. The lowest BCUT2D eigenvalue weighted by Gasteiger charge is -2.30. The van der Waals surface area contributed by atoms with Crippen molar-refractivity contribution in [2.45, 2.75) is 38.0 Å². The SMILES string of the molecule is CCC(=O)Nc1ccc(S(=O)(=O)NCC2CCN(c3nc4ccccc4o3)CC2)c(C)c1. The van der Waals surface area contributed by atoms with Crippen LogP contribution in [0.1, 0.15) is 31.7 Å². The van der Waals surface area contributed by atoms with Gasteiger partial charge in [0.05, 0.1) is 4.90 Å². The van der Waals surface area contributed by atoms with E-state index in [4.69, 9.17) is 4.42 Å². The first kappa shape index (κ1) is 22.3. The summed E-state index contributed by atoms with van der Waals surface area (Å²) in [7, 11) is -3.63. The number of fused-ring (bicyclic) bond motifs is 1. The molecule has 1 aliphatic rings. The fraction of sp³-hybridized carbons (Fsp3) is 0.391. The average Bonchev–Trinajstić information content (AvgIpc) is 3.22. The number of amides is 1. The van der Waals surface area contributed by atoms with Crippen molar-refractivity contribution in [3.63, 3.8) is 0 Å². The number of aromatic nitrogens is 1. The Kier molecular flexibility index (Phi) is 6.48. The van der Waals surface area contributed by atoms with Crippen molar-refractivity contribution in [2.75, 3.05) is 29.9 Å². The molecule has 0 radical (unpaired) electrons. The summed E-state index contributed by atoms with van der Waals surface area (Å²) >= 11 is 0. The first-order valence-electron chi connectivity index (χ1n) is 10.9. The summed E-state index contributed by atoms with van der Waals surface area (Å²) < 4.78 is 34.3. The minimum atomic E-state index is -3.63. The summed E-state index contributed by atoms with van der Waals surface area (Å²) in [5.74, 6) is 0.135. The molecule has 2 N–H and O–H groups in total. The lowest BCUT2D eigenvalue weighted by Crippen LogP contribution is -2.38. The Morgan fingerprint density at radius 2 is 1.94 bits per heavy atom. The molecule has 32 heavy (non-hydrogen) atoms. The maximum atomic E-state index is 12.8. The van der Waals surface area contributed by atoms with Gasteiger partial charge >= 0.3 is 0 Å². The quantitative estimate of drug-likeness (QED) is 0.562. The van der Waals surface area contributed by atoms with E-state index < -0.39 is 10.0 Å². The third-order valence-corrected chi connectivity index (χ3v) is 7.38. The smallest absolute Gasteiger partial charge is 0.298 e. The van der Waals surface area contributed by atoms with Crippen LogP contribution in [0, 0.1) is 12.8 Å². The van der Waals surface area contributed by atoms with E-state index >= 15 is 0 Å². The zero-order valence-corrected chi connectivity index (χ0v) is 19.1. The molecule has 2 aromatic carbocycles. The van der Waals surface area contributed by atoms with E-state index in [0.717, 1.165) is 37.0 Å². The van der Waals surface area contributed by atoms with Gasteiger partial charge in [-0.1, -0.05) is 19.1 Å². The second kappa shape index (κ2) is 9.30. The Morgan fingerprint density at radius 3 is 2.62 bits per heavy atom. The van der Waals surface area contributed by atoms with Crippen LogP contribution >= 0.6 is 0 Å². The highest BCUT2D eigenvalue weighted by Gasteiger charge is 2.25. The molecule has 1 amide bonds. The number of carbonyl (C=O) groups excluding carboxylic acids is 1. The predicted molar refractivity (Wildman–Crippen MR) is 124 cm³/mol. The topological polar surface area (TPSA) is 105 Å². The molecule has 2 heterocycles. The average molecular weight is 457 g/mol. The zero-order chi connectivity index (χ0) is 22.7. The highest BCUT2D eigenvalue weighted by atomic mass is 32.2. The molecule has 9 heteroatoms. The van der Waals surface area contributed by atoms with Gasteiger partial charge in [-0.15, -0.1) is 0 Å². The first-order chi connectivity index (χ1) is 15.4. The van der Waals surface area contributed by atoms with E-state index in [1.54, 1.807) is 32.0 Å². The number of piperidine rings is 1. The highest BCUT2D eigenvalue weighted by molar-refractivity contribution is 7.89. The second-order valence-electron chi connectivity index (χ2n) is 8.13. The molecule has 0 bridgehead atoms. The highest BCUT2D eigenvalue weighted by Crippen LogP contribution is 2.26. The number of aryl methyl sites for hydroxylation is 1. The van der Waals surface area contributed by atoms with Crippen LogP contribution in [0.4, 0.5) is 11.7 Å². The molecule has 1 aromatic heterocycles. The molecule has 1 fully saturated rings. The van der Waals surface area contributed by atoms with E-state index in [1.165, 1.54) is 0 Å². The van der Waals surface area contributed by atoms with Crippen LogP contribution in [-0.4, -0.2) is 38.9 Å². The number of hydrogen-bond donors (Lipinski definition) is 2. The third kappa shape index (κ3) is 4.94. The number of sulfonamides is 1. The van der Waals surface area contributed by atoms with Crippen LogP contribution in [0.25, 0.3) is 11.1 Å². The van der Waals surface area contributed by atoms with Gasteiger partial charge < -0.3 is 14.6 Å². The molecule has 170 valence electrons. The van der Waals surface area contributed by atoms with Gasteiger partial charge in [0.1, 0.15) is 5.52 Å². The normalized spacial score (nSPS) is 15.2. The number of anilines is 2. The van der Waals surface area contributed by atoms with Gasteiger partial charge in [-0.3, -0.25) is 4.79 Å². The number of oxazole rings is 1. The van der Waals surface area contributed by atoms with Crippen molar-refractivity contribution in [3.05, 3.63) is 48.0 Å². The number of nitrogens with zero attached hydrogens (tertiary/aromatic N) is 2. The lowest BCUT2D eigenvalue weighted by molar-refractivity contribution is -0.115. The van der Waals surface area contributed by atoms with Crippen molar-refractivity contribution < 1.29 is 17.6 Å². The molecule has 4 rings (SSSR count). The number of nitrogens with one attached hydrogen (secondary N) is 2. The minimum Gasteiger partial charge on any atom is -0.423 e. The molecular formula is C23H28N4O4S. The van der Waals surface area contributed by atoms with Crippen LogP contribution in [0.2, 0.25) is 0 Å². The van der Waals surface area contributed by atoms with Crippen LogP contribution in [0.5, 0.6) is 0 Å². The Labute approximate surface area is 188 Å². The summed E-state index contributed by atoms with van der Waals surface area (Å²) in [4.78, 5) is 18.4. The monoisotopic (exact) mass is 456 g/mol. The second-order valence-corrected chi connectivity index (χ2v) is 9.86. The number of para-hydroxylation sites is 2.